The number of esters is 1. The highest BCUT2D eigenvalue weighted by molar-refractivity contribution is 7.98. The van der Waals surface area contributed by atoms with Gasteiger partial charge in [-0.3, -0.25) is 9.59 Å². The zero-order valence-corrected chi connectivity index (χ0v) is 8.68. The molecule has 76 valence electrons. The summed E-state index contributed by atoms with van der Waals surface area (Å²) in [7, 11) is 1.30. The van der Waals surface area contributed by atoms with E-state index in [0.29, 0.717) is 10.9 Å². The van der Waals surface area contributed by atoms with Crippen LogP contribution in [0.4, 0.5) is 0 Å². The third kappa shape index (κ3) is 2.88. The lowest BCUT2D eigenvalue weighted by Gasteiger charge is -2.00. The van der Waals surface area contributed by atoms with Crippen LogP contribution in [0.5, 0.6) is 0 Å². The second-order valence-electron chi connectivity index (χ2n) is 2.50. The van der Waals surface area contributed by atoms with Crippen LogP contribution in [0, 0.1) is 0 Å². The van der Waals surface area contributed by atoms with E-state index in [1.807, 2.05) is 0 Å². The molecule has 5 nitrogen and oxygen atoms in total. The van der Waals surface area contributed by atoms with E-state index in [2.05, 4.69) is 14.7 Å². The normalized spacial score (nSPS) is 9.86. The van der Waals surface area contributed by atoms with E-state index in [1.165, 1.54) is 24.9 Å². The van der Waals surface area contributed by atoms with Crippen LogP contribution in [0.25, 0.3) is 0 Å². The van der Waals surface area contributed by atoms with E-state index >= 15 is 0 Å². The minimum Gasteiger partial charge on any atom is -0.469 e. The van der Waals surface area contributed by atoms with Crippen LogP contribution in [0.15, 0.2) is 16.0 Å². The number of H-pyrrole nitrogens is 1. The highest BCUT2D eigenvalue weighted by Crippen LogP contribution is 2.06. The SMILES string of the molecule is COC(=O)Cc1cc(=O)[nH]c(SC)n1. The van der Waals surface area contributed by atoms with Crippen LogP contribution in [-0.2, 0) is 16.0 Å². The summed E-state index contributed by atoms with van der Waals surface area (Å²) in [6, 6.07) is 1.29. The zero-order valence-electron chi connectivity index (χ0n) is 7.86. The van der Waals surface area contributed by atoms with Crippen molar-refractivity contribution in [3.05, 3.63) is 22.1 Å². The maximum absolute atomic E-state index is 11.1. The van der Waals surface area contributed by atoms with E-state index in [-0.39, 0.29) is 12.0 Å². The molecule has 0 atom stereocenters. The fourth-order valence-corrected chi connectivity index (χ4v) is 1.30. The molecular formula is C8H10N2O3S. The minimum atomic E-state index is -0.407. The van der Waals surface area contributed by atoms with Gasteiger partial charge in [0.05, 0.1) is 19.2 Å². The summed E-state index contributed by atoms with van der Waals surface area (Å²) in [5.41, 5.74) is 0.160. The first-order valence-corrected chi connectivity index (χ1v) is 5.09. The molecule has 1 rings (SSSR count). The molecule has 0 aliphatic heterocycles. The number of aromatic nitrogens is 2. The van der Waals surface area contributed by atoms with Crippen molar-refractivity contribution in [2.45, 2.75) is 11.6 Å². The molecule has 6 heteroatoms. The van der Waals surface area contributed by atoms with Crippen LogP contribution in [-0.4, -0.2) is 29.3 Å². The summed E-state index contributed by atoms with van der Waals surface area (Å²) in [5.74, 6) is -0.407. The quantitative estimate of drug-likeness (QED) is 0.442. The standard InChI is InChI=1S/C8H10N2O3S/c1-13-7(12)4-5-3-6(11)10-8(9-5)14-2/h3H,4H2,1-2H3,(H,9,10,11). The molecule has 0 bridgehead atoms. The van der Waals surface area contributed by atoms with Gasteiger partial charge in [0.25, 0.3) is 5.56 Å². The number of nitrogens with one attached hydrogen (secondary N) is 1. The summed E-state index contributed by atoms with van der Waals surface area (Å²) in [6.07, 6.45) is 1.81. The molecule has 0 aromatic carbocycles. The van der Waals surface area contributed by atoms with E-state index in [4.69, 9.17) is 0 Å². The van der Waals surface area contributed by atoms with Gasteiger partial charge >= 0.3 is 5.97 Å². The fourth-order valence-electron chi connectivity index (χ4n) is 0.891. The summed E-state index contributed by atoms with van der Waals surface area (Å²) < 4.78 is 4.47. The van der Waals surface area contributed by atoms with Gasteiger partial charge in [0.15, 0.2) is 5.16 Å². The Hall–Kier alpha value is -1.30. The van der Waals surface area contributed by atoms with Crippen molar-refractivity contribution in [3.8, 4) is 0 Å². The van der Waals surface area contributed by atoms with Crippen molar-refractivity contribution in [1.82, 2.24) is 9.97 Å². The van der Waals surface area contributed by atoms with Crippen molar-refractivity contribution >= 4 is 17.7 Å². The van der Waals surface area contributed by atoms with Crippen molar-refractivity contribution < 1.29 is 9.53 Å². The summed E-state index contributed by atoms with van der Waals surface area (Å²) in [5, 5.41) is 0.497. The average molecular weight is 214 g/mol. The maximum atomic E-state index is 11.1. The largest absolute Gasteiger partial charge is 0.469 e. The van der Waals surface area contributed by atoms with E-state index in [1.54, 1.807) is 6.26 Å². The Morgan fingerprint density at radius 2 is 2.43 bits per heavy atom. The lowest BCUT2D eigenvalue weighted by Crippen LogP contribution is -2.13. The van der Waals surface area contributed by atoms with E-state index in [9.17, 15) is 9.59 Å². The Morgan fingerprint density at radius 3 is 3.00 bits per heavy atom. The van der Waals surface area contributed by atoms with Gasteiger partial charge in [-0.25, -0.2) is 4.98 Å². The molecule has 1 heterocycles. The molecule has 0 radical (unpaired) electrons. The topological polar surface area (TPSA) is 72.1 Å². The first-order chi connectivity index (χ1) is 6.65. The fraction of sp³-hybridized carbons (Fsp3) is 0.375. The third-order valence-corrected chi connectivity index (χ3v) is 2.10. The molecule has 0 fully saturated rings. The second kappa shape index (κ2) is 4.80. The average Bonchev–Trinajstić information content (AvgIpc) is 2.16. The van der Waals surface area contributed by atoms with Gasteiger partial charge in [-0.05, 0) is 6.26 Å². The molecule has 0 spiro atoms. The smallest absolute Gasteiger partial charge is 0.311 e. The molecule has 0 aliphatic carbocycles. The molecule has 0 saturated heterocycles. The number of carbonyl (C=O) groups is 1. The number of thioether (sulfide) groups is 1. The number of methoxy groups -OCH3 is 1. The minimum absolute atomic E-state index is 0.0218. The molecule has 0 unspecified atom stereocenters. The van der Waals surface area contributed by atoms with Crippen molar-refractivity contribution in [2.24, 2.45) is 0 Å². The second-order valence-corrected chi connectivity index (χ2v) is 3.29. The summed E-state index contributed by atoms with van der Waals surface area (Å²) >= 11 is 1.31. The molecule has 0 aliphatic rings. The Labute approximate surface area is 84.9 Å². The van der Waals surface area contributed by atoms with Crippen LogP contribution in [0.1, 0.15) is 5.69 Å². The lowest BCUT2D eigenvalue weighted by atomic mass is 10.3. The number of ether oxygens (including phenoxy) is 1. The van der Waals surface area contributed by atoms with Gasteiger partial charge in [-0.2, -0.15) is 0 Å². The predicted octanol–water partition coefficient (Wildman–Crippen LogP) is 0.207. The van der Waals surface area contributed by atoms with E-state index in [0.717, 1.165) is 0 Å². The molecule has 0 saturated carbocycles. The van der Waals surface area contributed by atoms with Gasteiger partial charge in [-0.1, -0.05) is 11.8 Å². The number of aromatic amines is 1. The number of hydrogen-bond acceptors (Lipinski definition) is 5. The van der Waals surface area contributed by atoms with Gasteiger partial charge in [0, 0.05) is 6.07 Å². The van der Waals surface area contributed by atoms with Gasteiger partial charge in [0.2, 0.25) is 0 Å². The van der Waals surface area contributed by atoms with Gasteiger partial charge in [0.1, 0.15) is 0 Å². The van der Waals surface area contributed by atoms with Crippen molar-refractivity contribution in [2.75, 3.05) is 13.4 Å². The van der Waals surface area contributed by atoms with E-state index < -0.39 is 5.97 Å². The summed E-state index contributed by atoms with van der Waals surface area (Å²) in [4.78, 5) is 28.6. The molecule has 1 aromatic rings. The molecule has 1 aromatic heterocycles. The third-order valence-electron chi connectivity index (χ3n) is 1.52. The summed E-state index contributed by atoms with van der Waals surface area (Å²) in [6.45, 7) is 0. The lowest BCUT2D eigenvalue weighted by molar-refractivity contribution is -0.139. The molecular weight excluding hydrogens is 204 g/mol. The zero-order chi connectivity index (χ0) is 10.6. The number of hydrogen-bond donors (Lipinski definition) is 1. The Kier molecular flexibility index (Phi) is 3.70. The number of nitrogens with zero attached hydrogens (tertiary/aromatic N) is 1. The van der Waals surface area contributed by atoms with Crippen molar-refractivity contribution in [3.63, 3.8) is 0 Å². The highest BCUT2D eigenvalue weighted by Gasteiger charge is 2.06. The molecule has 0 amide bonds. The molecule has 14 heavy (non-hydrogen) atoms. The monoisotopic (exact) mass is 214 g/mol. The predicted molar refractivity (Wildman–Crippen MR) is 52.4 cm³/mol. The maximum Gasteiger partial charge on any atom is 0.311 e. The van der Waals surface area contributed by atoms with Crippen LogP contribution < -0.4 is 5.56 Å². The Bertz CT molecular complexity index is 388. The van der Waals surface area contributed by atoms with Crippen LogP contribution in [0.2, 0.25) is 0 Å². The Morgan fingerprint density at radius 1 is 1.71 bits per heavy atom. The number of rotatable bonds is 3. The highest BCUT2D eigenvalue weighted by atomic mass is 32.2. The first-order valence-electron chi connectivity index (χ1n) is 3.86. The number of carbonyl (C=O) groups excluding carboxylic acids is 1. The van der Waals surface area contributed by atoms with Crippen molar-refractivity contribution in [1.29, 1.82) is 0 Å². The van der Waals surface area contributed by atoms with Crippen LogP contribution in [0.3, 0.4) is 0 Å². The van der Waals surface area contributed by atoms with Gasteiger partial charge < -0.3 is 9.72 Å². The van der Waals surface area contributed by atoms with Crippen LogP contribution >= 0.6 is 11.8 Å². The Balaban J connectivity index is 2.92. The molecule has 1 N–H and O–H groups in total. The first kappa shape index (κ1) is 10.8. The van der Waals surface area contributed by atoms with Gasteiger partial charge in [-0.15, -0.1) is 0 Å².